The van der Waals surface area contributed by atoms with E-state index >= 15 is 0 Å². The number of amides is 2. The normalized spacial score (nSPS) is 17.4. The Kier molecular flexibility index (Phi) is 6.62. The molecular weight excluding hydrogens is 326 g/mol. The van der Waals surface area contributed by atoms with Crippen LogP contribution in [0.3, 0.4) is 0 Å². The van der Waals surface area contributed by atoms with Gasteiger partial charge in [0.25, 0.3) is 0 Å². The second-order valence-corrected chi connectivity index (χ2v) is 8.75. The van der Waals surface area contributed by atoms with Gasteiger partial charge in [0.05, 0.1) is 5.75 Å². The topological polar surface area (TPSA) is 78.5 Å². The molecule has 2 rings (SSSR count). The van der Waals surface area contributed by atoms with Gasteiger partial charge in [-0.15, -0.1) is 0 Å². The molecule has 0 aliphatic heterocycles. The maximum absolute atomic E-state index is 11.7. The van der Waals surface area contributed by atoms with E-state index in [9.17, 15) is 13.2 Å². The van der Waals surface area contributed by atoms with Crippen LogP contribution >= 0.6 is 0 Å². The fraction of sp³-hybridized carbons (Fsp3) is 0.588. The van der Waals surface area contributed by atoms with E-state index in [1.807, 2.05) is 0 Å². The number of benzene rings is 1. The summed E-state index contributed by atoms with van der Waals surface area (Å²) < 4.78 is 24.3. The van der Waals surface area contributed by atoms with Crippen LogP contribution in [0.1, 0.15) is 24.0 Å². The van der Waals surface area contributed by atoms with Crippen LogP contribution in [0.25, 0.3) is 0 Å². The molecule has 6 nitrogen and oxygen atoms in total. The first kappa shape index (κ1) is 18.7. The van der Waals surface area contributed by atoms with E-state index in [-0.39, 0.29) is 18.3 Å². The molecule has 0 saturated carbocycles. The lowest BCUT2D eigenvalue weighted by molar-refractivity contribution is 0.240. The SMILES string of the molecule is CN(C)S(=O)(=O)CCNC(=O)NCCC1CCc2ccccc2C1. The summed E-state index contributed by atoms with van der Waals surface area (Å²) in [6.45, 7) is 0.724. The number of carbonyl (C=O) groups excluding carboxylic acids is 1. The van der Waals surface area contributed by atoms with Crippen LogP contribution < -0.4 is 10.6 Å². The molecule has 1 aliphatic rings. The van der Waals surface area contributed by atoms with Crippen LogP contribution in [0.15, 0.2) is 24.3 Å². The predicted molar refractivity (Wildman–Crippen MR) is 95.4 cm³/mol. The second-order valence-electron chi connectivity index (χ2n) is 6.45. The minimum atomic E-state index is -3.27. The van der Waals surface area contributed by atoms with Gasteiger partial charge in [-0.25, -0.2) is 17.5 Å². The molecule has 0 spiro atoms. The van der Waals surface area contributed by atoms with E-state index in [1.54, 1.807) is 0 Å². The first-order chi connectivity index (χ1) is 11.4. The predicted octanol–water partition coefficient (Wildman–Crippen LogP) is 1.37. The lowest BCUT2D eigenvalue weighted by atomic mass is 9.82. The molecular formula is C17H27N3O3S. The molecule has 0 bridgehead atoms. The zero-order chi connectivity index (χ0) is 17.6. The van der Waals surface area contributed by atoms with Crippen molar-refractivity contribution in [3.63, 3.8) is 0 Å². The van der Waals surface area contributed by atoms with Crippen molar-refractivity contribution in [2.24, 2.45) is 5.92 Å². The number of aryl methyl sites for hydroxylation is 1. The zero-order valence-corrected chi connectivity index (χ0v) is 15.2. The number of nitrogens with one attached hydrogen (secondary N) is 2. The smallest absolute Gasteiger partial charge is 0.314 e. The minimum Gasteiger partial charge on any atom is -0.338 e. The van der Waals surface area contributed by atoms with Crippen molar-refractivity contribution in [1.82, 2.24) is 14.9 Å². The summed E-state index contributed by atoms with van der Waals surface area (Å²) in [5.74, 6) is 0.502. The minimum absolute atomic E-state index is 0.0904. The first-order valence-electron chi connectivity index (χ1n) is 8.37. The van der Waals surface area contributed by atoms with Crippen LogP contribution in [-0.4, -0.2) is 51.7 Å². The molecule has 0 aromatic heterocycles. The molecule has 134 valence electrons. The highest BCUT2D eigenvalue weighted by Gasteiger charge is 2.18. The van der Waals surface area contributed by atoms with Gasteiger partial charge in [-0.3, -0.25) is 0 Å². The lowest BCUT2D eigenvalue weighted by Crippen LogP contribution is -2.40. The molecule has 0 fully saturated rings. The molecule has 1 aromatic rings. The second kappa shape index (κ2) is 8.48. The Labute approximate surface area is 144 Å². The Morgan fingerprint density at radius 2 is 1.83 bits per heavy atom. The maximum Gasteiger partial charge on any atom is 0.314 e. The van der Waals surface area contributed by atoms with Crippen molar-refractivity contribution in [3.8, 4) is 0 Å². The number of hydrogen-bond acceptors (Lipinski definition) is 3. The highest BCUT2D eigenvalue weighted by molar-refractivity contribution is 7.89. The van der Waals surface area contributed by atoms with Crippen molar-refractivity contribution < 1.29 is 13.2 Å². The molecule has 2 N–H and O–H groups in total. The number of sulfonamides is 1. The third-order valence-electron chi connectivity index (χ3n) is 4.49. The molecule has 7 heteroatoms. The first-order valence-corrected chi connectivity index (χ1v) is 9.98. The number of carbonyl (C=O) groups is 1. The standard InChI is InChI=1S/C17H27N3O3S/c1-20(2)24(22,23)12-11-19-17(21)18-10-9-14-7-8-15-5-3-4-6-16(15)13-14/h3-6,14H,7-13H2,1-2H3,(H2,18,19,21). The maximum atomic E-state index is 11.7. The van der Waals surface area contributed by atoms with Gasteiger partial charge in [-0.05, 0) is 42.7 Å². The van der Waals surface area contributed by atoms with Crippen molar-refractivity contribution in [2.45, 2.75) is 25.7 Å². The highest BCUT2D eigenvalue weighted by Crippen LogP contribution is 2.26. The molecule has 0 saturated heterocycles. The summed E-state index contributed by atoms with van der Waals surface area (Å²) in [6, 6.07) is 8.24. The lowest BCUT2D eigenvalue weighted by Gasteiger charge is -2.24. The summed E-state index contributed by atoms with van der Waals surface area (Å²) in [6.07, 6.45) is 4.27. The third-order valence-corrected chi connectivity index (χ3v) is 6.32. The number of rotatable bonds is 7. The number of fused-ring (bicyclic) bond motifs is 1. The molecule has 1 aliphatic carbocycles. The monoisotopic (exact) mass is 353 g/mol. The summed E-state index contributed by atoms with van der Waals surface area (Å²) in [7, 11) is -0.301. The van der Waals surface area contributed by atoms with Gasteiger partial charge in [-0.2, -0.15) is 0 Å². The Morgan fingerprint density at radius 3 is 2.54 bits per heavy atom. The Bertz CT molecular complexity index is 659. The molecule has 1 atom stereocenters. The van der Waals surface area contributed by atoms with Crippen molar-refractivity contribution in [2.75, 3.05) is 32.9 Å². The van der Waals surface area contributed by atoms with Crippen molar-refractivity contribution in [1.29, 1.82) is 0 Å². The average Bonchev–Trinajstić information content (AvgIpc) is 2.54. The van der Waals surface area contributed by atoms with Crippen molar-refractivity contribution in [3.05, 3.63) is 35.4 Å². The van der Waals surface area contributed by atoms with E-state index in [1.165, 1.54) is 25.2 Å². The largest absolute Gasteiger partial charge is 0.338 e. The summed E-state index contributed by atoms with van der Waals surface area (Å²) in [4.78, 5) is 11.7. The molecule has 1 aromatic carbocycles. The molecule has 1 unspecified atom stereocenters. The Morgan fingerprint density at radius 1 is 1.17 bits per heavy atom. The molecule has 24 heavy (non-hydrogen) atoms. The summed E-state index contributed by atoms with van der Waals surface area (Å²) in [5.41, 5.74) is 2.87. The van der Waals surface area contributed by atoms with Crippen LogP contribution in [0.2, 0.25) is 0 Å². The van der Waals surface area contributed by atoms with Crippen LogP contribution in [0.5, 0.6) is 0 Å². The van der Waals surface area contributed by atoms with E-state index in [0.29, 0.717) is 12.5 Å². The van der Waals surface area contributed by atoms with Crippen LogP contribution in [0, 0.1) is 5.92 Å². The van der Waals surface area contributed by atoms with E-state index in [4.69, 9.17) is 0 Å². The number of hydrogen-bond donors (Lipinski definition) is 2. The quantitative estimate of drug-likeness (QED) is 0.777. The summed E-state index contributed by atoms with van der Waals surface area (Å²) in [5, 5.41) is 5.40. The highest BCUT2D eigenvalue weighted by atomic mass is 32.2. The fourth-order valence-corrected chi connectivity index (χ4v) is 3.67. The molecule has 0 heterocycles. The fourth-order valence-electron chi connectivity index (χ4n) is 2.95. The zero-order valence-electron chi connectivity index (χ0n) is 14.4. The number of nitrogens with zero attached hydrogens (tertiary/aromatic N) is 1. The van der Waals surface area contributed by atoms with Gasteiger partial charge in [0.2, 0.25) is 10.0 Å². The average molecular weight is 353 g/mol. The van der Waals surface area contributed by atoms with E-state index < -0.39 is 10.0 Å². The molecule has 0 radical (unpaired) electrons. The van der Waals surface area contributed by atoms with Gasteiger partial charge < -0.3 is 10.6 Å². The van der Waals surface area contributed by atoms with Gasteiger partial charge in [-0.1, -0.05) is 24.3 Å². The van der Waals surface area contributed by atoms with Gasteiger partial charge >= 0.3 is 6.03 Å². The third kappa shape index (κ3) is 5.49. The Hall–Kier alpha value is -1.60. The Balaban J connectivity index is 1.63. The summed E-state index contributed by atoms with van der Waals surface area (Å²) >= 11 is 0. The van der Waals surface area contributed by atoms with Crippen LogP contribution in [-0.2, 0) is 22.9 Å². The molecule has 2 amide bonds. The van der Waals surface area contributed by atoms with E-state index in [0.717, 1.165) is 30.0 Å². The van der Waals surface area contributed by atoms with Crippen LogP contribution in [0.4, 0.5) is 4.79 Å². The van der Waals surface area contributed by atoms with Gasteiger partial charge in [0, 0.05) is 27.2 Å². The van der Waals surface area contributed by atoms with E-state index in [2.05, 4.69) is 34.9 Å². The number of urea groups is 1. The van der Waals surface area contributed by atoms with Crippen molar-refractivity contribution >= 4 is 16.1 Å². The van der Waals surface area contributed by atoms with Gasteiger partial charge in [0.15, 0.2) is 0 Å². The van der Waals surface area contributed by atoms with Gasteiger partial charge in [0.1, 0.15) is 0 Å².